The number of hydrogen-bond donors (Lipinski definition) is 0. The molecule has 0 aliphatic carbocycles. The lowest BCUT2D eigenvalue weighted by atomic mass is 10.1. The highest BCUT2D eigenvalue weighted by Gasteiger charge is 2.41. The number of β-lactam (4-membered cyclic amide) rings is 1. The van der Waals surface area contributed by atoms with Gasteiger partial charge in [0.05, 0.1) is 13.0 Å². The molecular formula is C10H9NO2. The van der Waals surface area contributed by atoms with Gasteiger partial charge in [0.15, 0.2) is 6.23 Å². The molecule has 66 valence electrons. The van der Waals surface area contributed by atoms with Gasteiger partial charge in [0.2, 0.25) is 5.91 Å². The molecule has 1 amide bonds. The lowest BCUT2D eigenvalue weighted by molar-refractivity contribution is -0.165. The van der Waals surface area contributed by atoms with E-state index in [2.05, 4.69) is 0 Å². The summed E-state index contributed by atoms with van der Waals surface area (Å²) in [7, 11) is 0. The van der Waals surface area contributed by atoms with Gasteiger partial charge in [-0.3, -0.25) is 4.79 Å². The molecule has 1 aromatic carbocycles. The van der Waals surface area contributed by atoms with Crippen LogP contribution in [-0.2, 0) is 11.3 Å². The Labute approximate surface area is 75.9 Å². The van der Waals surface area contributed by atoms with Crippen LogP contribution in [0.5, 0.6) is 5.75 Å². The Morgan fingerprint density at radius 1 is 1.38 bits per heavy atom. The standard InChI is InChI=1S/C10H9NO2/c12-9-5-10-11(9)6-7-3-1-2-4-8(7)13-10/h1-4,10H,5-6H2/t10-/m1/s1. The summed E-state index contributed by atoms with van der Waals surface area (Å²) in [5.41, 5.74) is 1.10. The maximum atomic E-state index is 11.1. The van der Waals surface area contributed by atoms with Gasteiger partial charge in [-0.15, -0.1) is 0 Å². The predicted molar refractivity (Wildman–Crippen MR) is 46.0 cm³/mol. The Morgan fingerprint density at radius 2 is 2.23 bits per heavy atom. The van der Waals surface area contributed by atoms with Crippen LogP contribution in [0.2, 0.25) is 0 Å². The van der Waals surface area contributed by atoms with Crippen molar-refractivity contribution in [3.8, 4) is 5.75 Å². The molecule has 3 heteroatoms. The van der Waals surface area contributed by atoms with Crippen LogP contribution < -0.4 is 4.74 Å². The maximum absolute atomic E-state index is 11.1. The van der Waals surface area contributed by atoms with Gasteiger partial charge in [-0.1, -0.05) is 18.2 Å². The second-order valence-electron chi connectivity index (χ2n) is 3.41. The molecule has 0 radical (unpaired) electrons. The van der Waals surface area contributed by atoms with E-state index in [1.807, 2.05) is 24.3 Å². The molecule has 1 aromatic rings. The van der Waals surface area contributed by atoms with Crippen molar-refractivity contribution in [1.82, 2.24) is 4.90 Å². The molecule has 3 nitrogen and oxygen atoms in total. The van der Waals surface area contributed by atoms with Crippen LogP contribution in [0.3, 0.4) is 0 Å². The van der Waals surface area contributed by atoms with Crippen molar-refractivity contribution >= 4 is 5.91 Å². The summed E-state index contributed by atoms with van der Waals surface area (Å²) < 4.78 is 5.61. The highest BCUT2D eigenvalue weighted by atomic mass is 16.5. The minimum Gasteiger partial charge on any atom is -0.470 e. The van der Waals surface area contributed by atoms with E-state index in [0.29, 0.717) is 13.0 Å². The van der Waals surface area contributed by atoms with Gasteiger partial charge in [-0.05, 0) is 6.07 Å². The van der Waals surface area contributed by atoms with E-state index >= 15 is 0 Å². The Bertz CT molecular complexity index is 375. The summed E-state index contributed by atoms with van der Waals surface area (Å²) in [6.07, 6.45) is 0.538. The molecule has 0 N–H and O–H groups in total. The third-order valence-electron chi connectivity index (χ3n) is 2.59. The topological polar surface area (TPSA) is 29.5 Å². The van der Waals surface area contributed by atoms with Crippen molar-refractivity contribution in [3.63, 3.8) is 0 Å². The number of ether oxygens (including phenoxy) is 1. The minimum atomic E-state index is 0.00222. The van der Waals surface area contributed by atoms with E-state index in [4.69, 9.17) is 4.74 Å². The fraction of sp³-hybridized carbons (Fsp3) is 0.300. The molecule has 1 fully saturated rings. The van der Waals surface area contributed by atoms with Gasteiger partial charge >= 0.3 is 0 Å². The molecule has 2 heterocycles. The lowest BCUT2D eigenvalue weighted by Gasteiger charge is -2.43. The minimum absolute atomic E-state index is 0.00222. The number of fused-ring (bicyclic) bond motifs is 2. The van der Waals surface area contributed by atoms with Crippen molar-refractivity contribution < 1.29 is 9.53 Å². The molecule has 0 unspecified atom stereocenters. The third kappa shape index (κ3) is 0.869. The number of benzene rings is 1. The smallest absolute Gasteiger partial charge is 0.231 e. The number of rotatable bonds is 0. The van der Waals surface area contributed by atoms with Crippen LogP contribution in [0.1, 0.15) is 12.0 Å². The zero-order valence-corrected chi connectivity index (χ0v) is 7.06. The molecular weight excluding hydrogens is 166 g/mol. The van der Waals surface area contributed by atoms with E-state index in [-0.39, 0.29) is 12.1 Å². The quantitative estimate of drug-likeness (QED) is 0.553. The second-order valence-corrected chi connectivity index (χ2v) is 3.41. The lowest BCUT2D eigenvalue weighted by Crippen LogP contribution is -2.56. The maximum Gasteiger partial charge on any atom is 0.231 e. The number of nitrogens with zero attached hydrogens (tertiary/aromatic N) is 1. The number of carbonyl (C=O) groups is 1. The van der Waals surface area contributed by atoms with Crippen LogP contribution in [0, 0.1) is 0 Å². The summed E-state index contributed by atoms with van der Waals surface area (Å²) in [6, 6.07) is 7.87. The SMILES string of the molecule is O=C1C[C@H]2Oc3ccccc3CN12. The Morgan fingerprint density at radius 3 is 3.08 bits per heavy atom. The highest BCUT2D eigenvalue weighted by molar-refractivity contribution is 5.83. The van der Waals surface area contributed by atoms with E-state index in [1.165, 1.54) is 0 Å². The number of carbonyl (C=O) groups excluding carboxylic acids is 1. The summed E-state index contributed by atoms with van der Waals surface area (Å²) >= 11 is 0. The molecule has 2 aliphatic heterocycles. The monoisotopic (exact) mass is 175 g/mol. The van der Waals surface area contributed by atoms with Crippen LogP contribution >= 0.6 is 0 Å². The first kappa shape index (κ1) is 6.95. The van der Waals surface area contributed by atoms with Gasteiger partial charge in [-0.2, -0.15) is 0 Å². The molecule has 1 atom stereocenters. The first-order valence-electron chi connectivity index (χ1n) is 4.38. The first-order chi connectivity index (χ1) is 6.34. The molecule has 0 bridgehead atoms. The van der Waals surface area contributed by atoms with E-state index in [0.717, 1.165) is 11.3 Å². The fourth-order valence-electron chi connectivity index (χ4n) is 1.80. The molecule has 1 saturated heterocycles. The van der Waals surface area contributed by atoms with Crippen LogP contribution in [0.4, 0.5) is 0 Å². The van der Waals surface area contributed by atoms with Gasteiger partial charge in [0.25, 0.3) is 0 Å². The molecule has 0 saturated carbocycles. The number of hydrogen-bond acceptors (Lipinski definition) is 2. The van der Waals surface area contributed by atoms with E-state index < -0.39 is 0 Å². The highest BCUT2D eigenvalue weighted by Crippen LogP contribution is 2.33. The van der Waals surface area contributed by atoms with Crippen molar-refractivity contribution in [1.29, 1.82) is 0 Å². The van der Waals surface area contributed by atoms with Crippen molar-refractivity contribution in [2.45, 2.75) is 19.2 Å². The zero-order valence-electron chi connectivity index (χ0n) is 7.06. The van der Waals surface area contributed by atoms with Crippen LogP contribution in [0.25, 0.3) is 0 Å². The number of para-hydroxylation sites is 1. The second kappa shape index (κ2) is 2.25. The van der Waals surface area contributed by atoms with Gasteiger partial charge < -0.3 is 9.64 Å². The Kier molecular flexibility index (Phi) is 1.20. The van der Waals surface area contributed by atoms with Crippen molar-refractivity contribution in [3.05, 3.63) is 29.8 Å². The fourth-order valence-corrected chi connectivity index (χ4v) is 1.80. The molecule has 0 spiro atoms. The van der Waals surface area contributed by atoms with Crippen molar-refractivity contribution in [2.75, 3.05) is 0 Å². The number of amides is 1. The third-order valence-corrected chi connectivity index (χ3v) is 2.59. The Balaban J connectivity index is 1.99. The summed E-state index contributed by atoms with van der Waals surface area (Å²) in [5.74, 6) is 1.12. The summed E-state index contributed by atoms with van der Waals surface area (Å²) in [4.78, 5) is 12.9. The van der Waals surface area contributed by atoms with E-state index in [1.54, 1.807) is 4.90 Å². The molecule has 0 aromatic heterocycles. The summed E-state index contributed by atoms with van der Waals surface area (Å²) in [5, 5.41) is 0. The first-order valence-corrected chi connectivity index (χ1v) is 4.38. The van der Waals surface area contributed by atoms with Crippen LogP contribution in [0.15, 0.2) is 24.3 Å². The van der Waals surface area contributed by atoms with E-state index in [9.17, 15) is 4.79 Å². The summed E-state index contributed by atoms with van der Waals surface area (Å²) in [6.45, 7) is 0.708. The Hall–Kier alpha value is -1.51. The predicted octanol–water partition coefficient (Wildman–Crippen LogP) is 1.14. The normalized spacial score (nSPS) is 24.2. The van der Waals surface area contributed by atoms with Gasteiger partial charge in [-0.25, -0.2) is 0 Å². The molecule has 3 rings (SSSR count). The molecule has 2 aliphatic rings. The average Bonchev–Trinajstić information content (AvgIpc) is 2.16. The molecule has 13 heavy (non-hydrogen) atoms. The largest absolute Gasteiger partial charge is 0.470 e. The van der Waals surface area contributed by atoms with Crippen LogP contribution in [-0.4, -0.2) is 17.0 Å². The van der Waals surface area contributed by atoms with Gasteiger partial charge in [0.1, 0.15) is 5.75 Å². The van der Waals surface area contributed by atoms with Crippen molar-refractivity contribution in [2.24, 2.45) is 0 Å². The average molecular weight is 175 g/mol. The van der Waals surface area contributed by atoms with Gasteiger partial charge in [0, 0.05) is 5.56 Å². The zero-order chi connectivity index (χ0) is 8.84.